The van der Waals surface area contributed by atoms with E-state index in [0.29, 0.717) is 21.4 Å². The average Bonchev–Trinajstić information content (AvgIpc) is 2.03. The summed E-state index contributed by atoms with van der Waals surface area (Å²) in [7, 11) is 0. The van der Waals surface area contributed by atoms with Gasteiger partial charge in [-0.25, -0.2) is 0 Å². The molecule has 5 heteroatoms. The van der Waals surface area contributed by atoms with Gasteiger partial charge < -0.3 is 0 Å². The molecule has 0 aromatic heterocycles. The van der Waals surface area contributed by atoms with Gasteiger partial charge in [0.25, 0.3) is 0 Å². The van der Waals surface area contributed by atoms with Crippen molar-refractivity contribution < 1.29 is 9.90 Å². The number of aliphatic carboxylic acids is 1. The van der Waals surface area contributed by atoms with Crippen LogP contribution in [0.15, 0.2) is 0 Å². The van der Waals surface area contributed by atoms with Gasteiger partial charge in [0.1, 0.15) is 0 Å². The van der Waals surface area contributed by atoms with Crippen LogP contribution in [0.5, 0.6) is 0 Å². The molecule has 68 valence electrons. The fourth-order valence-electron chi connectivity index (χ4n) is 0.368. The Morgan fingerprint density at radius 2 is 2.18 bits per heavy atom. The molecule has 0 rings (SSSR count). The first-order valence-corrected chi connectivity index (χ1v) is 7.90. The third-order valence-corrected chi connectivity index (χ3v) is 2.30. The van der Waals surface area contributed by atoms with E-state index < -0.39 is 12.0 Å². The Balaban J connectivity index is 0. The molecule has 3 N–H and O–H groups in total. The Morgan fingerprint density at radius 1 is 1.73 bits per heavy atom. The third kappa shape index (κ3) is 10.5. The van der Waals surface area contributed by atoms with Crippen LogP contribution in [0.25, 0.3) is 0 Å². The first kappa shape index (κ1) is 14.0. The molecule has 0 bridgehead atoms. The molecular weight excluding hydrogens is 276 g/mol. The van der Waals surface area contributed by atoms with Crippen molar-refractivity contribution in [1.82, 2.24) is 0 Å². The Labute approximate surface area is 82.1 Å². The fourth-order valence-corrected chi connectivity index (χ4v) is 1.40. The van der Waals surface area contributed by atoms with Gasteiger partial charge in [-0.1, -0.05) is 0 Å². The number of hydrogen-bond acceptors (Lipinski definition) is 2. The van der Waals surface area contributed by atoms with Crippen molar-refractivity contribution in [2.75, 3.05) is 0 Å². The number of carboxylic acid groups (broad SMARTS) is 1. The third-order valence-electron chi connectivity index (χ3n) is 0.950. The standard InChI is InChI=1S/C5H11NO2Se.CH4Se/c1-9-3-2-4(6)5(7)8;1-2/h4H,2-3,6H2,1H3,(H,7,8);2H,1H3/t4-;/m0./s1. The molecule has 0 saturated carbocycles. The van der Waals surface area contributed by atoms with E-state index in [4.69, 9.17) is 10.8 Å². The van der Waals surface area contributed by atoms with Gasteiger partial charge >= 0.3 is 82.0 Å². The second-order valence-corrected chi connectivity index (χ2v) is 3.79. The minimum absolute atomic E-state index is 0.549. The van der Waals surface area contributed by atoms with E-state index in [-0.39, 0.29) is 0 Å². The van der Waals surface area contributed by atoms with Crippen LogP contribution in [0.4, 0.5) is 0 Å². The molecule has 0 saturated heterocycles. The zero-order valence-electron chi connectivity index (χ0n) is 6.78. The molecule has 0 aromatic carbocycles. The van der Waals surface area contributed by atoms with Crippen LogP contribution in [0, 0.1) is 0 Å². The SMILES string of the molecule is C[SeH].C[Se]CC[C@H](N)C(=O)O. The second-order valence-electron chi connectivity index (χ2n) is 1.73. The van der Waals surface area contributed by atoms with Crippen molar-refractivity contribution in [2.24, 2.45) is 5.73 Å². The summed E-state index contributed by atoms with van der Waals surface area (Å²) in [4.78, 5) is 10.1. The Morgan fingerprint density at radius 3 is 2.45 bits per heavy atom. The second kappa shape index (κ2) is 10.5. The van der Waals surface area contributed by atoms with E-state index >= 15 is 0 Å². The van der Waals surface area contributed by atoms with E-state index in [1.54, 1.807) is 0 Å². The van der Waals surface area contributed by atoms with Crippen molar-refractivity contribution in [2.45, 2.75) is 29.4 Å². The molecule has 0 radical (unpaired) electrons. The van der Waals surface area contributed by atoms with Gasteiger partial charge in [-0.15, -0.1) is 0 Å². The predicted molar refractivity (Wildman–Crippen MR) is 49.7 cm³/mol. The monoisotopic (exact) mass is 293 g/mol. The van der Waals surface area contributed by atoms with E-state index in [2.05, 4.69) is 21.8 Å². The summed E-state index contributed by atoms with van der Waals surface area (Å²) in [6, 6.07) is -0.646. The zero-order chi connectivity index (χ0) is 9.28. The summed E-state index contributed by atoms with van der Waals surface area (Å²) in [5.74, 6) is 3.12. The minimum atomic E-state index is -0.890. The van der Waals surface area contributed by atoms with Gasteiger partial charge in [0, 0.05) is 0 Å². The number of hydrogen-bond donors (Lipinski definition) is 2. The van der Waals surface area contributed by atoms with Crippen molar-refractivity contribution >= 4 is 36.9 Å². The molecule has 0 aliphatic heterocycles. The number of nitrogens with two attached hydrogens (primary N) is 1. The topological polar surface area (TPSA) is 63.3 Å². The molecule has 0 spiro atoms. The molecule has 0 aliphatic rings. The molecular formula is C6H15NO2Se2. The predicted octanol–water partition coefficient (Wildman–Crippen LogP) is -0.106. The van der Waals surface area contributed by atoms with Crippen LogP contribution in [0.2, 0.25) is 17.0 Å². The van der Waals surface area contributed by atoms with Crippen LogP contribution in [-0.4, -0.2) is 48.1 Å². The van der Waals surface area contributed by atoms with Crippen LogP contribution in [-0.2, 0) is 4.79 Å². The Kier molecular flexibility index (Phi) is 13.3. The van der Waals surface area contributed by atoms with Gasteiger partial charge in [0.2, 0.25) is 0 Å². The van der Waals surface area contributed by atoms with Crippen molar-refractivity contribution in [1.29, 1.82) is 0 Å². The van der Waals surface area contributed by atoms with Gasteiger partial charge in [-0.3, -0.25) is 0 Å². The van der Waals surface area contributed by atoms with Crippen LogP contribution in [0.1, 0.15) is 6.42 Å². The van der Waals surface area contributed by atoms with Crippen molar-refractivity contribution in [3.8, 4) is 0 Å². The molecule has 0 fully saturated rings. The molecule has 0 amide bonds. The zero-order valence-corrected chi connectivity index (χ0v) is 10.4. The quantitative estimate of drug-likeness (QED) is 0.711. The first-order chi connectivity index (χ1) is 5.18. The van der Waals surface area contributed by atoms with Gasteiger partial charge in [-0.05, 0) is 0 Å². The molecule has 11 heavy (non-hydrogen) atoms. The van der Waals surface area contributed by atoms with Crippen molar-refractivity contribution in [3.05, 3.63) is 0 Å². The average molecular weight is 291 g/mol. The van der Waals surface area contributed by atoms with Crippen LogP contribution >= 0.6 is 0 Å². The van der Waals surface area contributed by atoms with E-state index in [1.165, 1.54) is 0 Å². The van der Waals surface area contributed by atoms with E-state index in [9.17, 15) is 4.79 Å². The first-order valence-electron chi connectivity index (χ1n) is 3.10. The summed E-state index contributed by atoms with van der Waals surface area (Å²) in [6.45, 7) is 0. The summed E-state index contributed by atoms with van der Waals surface area (Å²) in [5, 5.41) is 9.25. The summed E-state index contributed by atoms with van der Waals surface area (Å²) in [5.41, 5.74) is 5.21. The molecule has 3 nitrogen and oxygen atoms in total. The fraction of sp³-hybridized carbons (Fsp3) is 0.833. The maximum atomic E-state index is 10.1. The molecule has 0 aliphatic carbocycles. The number of rotatable bonds is 4. The Bertz CT molecular complexity index is 101. The van der Waals surface area contributed by atoms with Gasteiger partial charge in [-0.2, -0.15) is 0 Å². The van der Waals surface area contributed by atoms with E-state index in [0.717, 1.165) is 5.32 Å². The van der Waals surface area contributed by atoms with Gasteiger partial charge in [0.15, 0.2) is 0 Å². The molecule has 1 atom stereocenters. The molecule has 0 heterocycles. The maximum absolute atomic E-state index is 10.1. The number of carboxylic acids is 1. The van der Waals surface area contributed by atoms with Crippen molar-refractivity contribution in [3.63, 3.8) is 0 Å². The summed E-state index contributed by atoms with van der Waals surface area (Å²) >= 11 is 2.86. The van der Waals surface area contributed by atoms with Crippen LogP contribution < -0.4 is 5.73 Å². The van der Waals surface area contributed by atoms with E-state index in [1.807, 2.05) is 5.82 Å². The summed E-state index contributed by atoms with van der Waals surface area (Å²) < 4.78 is 0. The molecule has 0 unspecified atom stereocenters. The van der Waals surface area contributed by atoms with Gasteiger partial charge in [0.05, 0.1) is 0 Å². The Hall–Kier alpha value is 0.469. The summed E-state index contributed by atoms with van der Waals surface area (Å²) in [6.07, 6.45) is 0.617. The number of carbonyl (C=O) groups is 1. The van der Waals surface area contributed by atoms with Crippen LogP contribution in [0.3, 0.4) is 0 Å². The normalized spacial score (nSPS) is 11.3. The molecule has 0 aromatic rings.